The van der Waals surface area contributed by atoms with Gasteiger partial charge in [-0.25, -0.2) is 9.97 Å². The molecule has 0 radical (unpaired) electrons. The van der Waals surface area contributed by atoms with E-state index in [0.29, 0.717) is 17.6 Å². The number of pyridine rings is 1. The fourth-order valence-electron chi connectivity index (χ4n) is 3.01. The quantitative estimate of drug-likeness (QED) is 0.904. The molecule has 3 rings (SSSR count). The normalized spacial score (nSPS) is 22.8. The van der Waals surface area contributed by atoms with E-state index in [4.69, 9.17) is 5.73 Å². The average Bonchev–Trinajstić information content (AvgIpc) is 2.94. The zero-order valence-electron chi connectivity index (χ0n) is 11.2. The van der Waals surface area contributed by atoms with Crippen LogP contribution in [-0.2, 0) is 0 Å². The predicted octanol–water partition coefficient (Wildman–Crippen LogP) is 1.59. The third-order valence-corrected chi connectivity index (χ3v) is 4.10. The lowest BCUT2D eigenvalue weighted by Crippen LogP contribution is -2.38. The Morgan fingerprint density at radius 1 is 1.26 bits per heavy atom. The first-order chi connectivity index (χ1) is 9.29. The lowest BCUT2D eigenvalue weighted by Gasteiger charge is -2.30. The van der Waals surface area contributed by atoms with Gasteiger partial charge in [0, 0.05) is 25.5 Å². The molecule has 5 nitrogen and oxygen atoms in total. The number of hydrogen-bond donors (Lipinski definition) is 1. The molecular formula is C14H19N5. The fraction of sp³-hybridized carbons (Fsp3) is 0.500. The van der Waals surface area contributed by atoms with Crippen LogP contribution in [0, 0.1) is 5.92 Å². The van der Waals surface area contributed by atoms with Crippen molar-refractivity contribution in [2.45, 2.75) is 25.3 Å². The summed E-state index contributed by atoms with van der Waals surface area (Å²) >= 11 is 0. The average molecular weight is 257 g/mol. The maximum Gasteiger partial charge on any atom is 0.180 e. The Morgan fingerprint density at radius 2 is 2.11 bits per heavy atom. The van der Waals surface area contributed by atoms with Crippen LogP contribution in [-0.4, -0.2) is 34.6 Å². The van der Waals surface area contributed by atoms with Crippen LogP contribution >= 0.6 is 0 Å². The number of hydrogen-bond acceptors (Lipinski definition) is 5. The topological polar surface area (TPSA) is 67.9 Å². The molecule has 1 fully saturated rings. The van der Waals surface area contributed by atoms with E-state index in [1.54, 1.807) is 12.4 Å². The van der Waals surface area contributed by atoms with Crippen LogP contribution in [0.15, 0.2) is 24.5 Å². The maximum atomic E-state index is 5.86. The molecule has 2 atom stereocenters. The molecule has 1 aliphatic rings. The number of anilines is 1. The Bertz CT molecular complexity index is 571. The SMILES string of the molecule is CN(c1ccc2nccnc2n1)C1CCCC1CN. The largest absolute Gasteiger partial charge is 0.356 e. The highest BCUT2D eigenvalue weighted by Crippen LogP contribution is 2.31. The lowest BCUT2D eigenvalue weighted by atomic mass is 10.0. The molecule has 2 N–H and O–H groups in total. The molecular weight excluding hydrogens is 238 g/mol. The van der Waals surface area contributed by atoms with Gasteiger partial charge in [0.05, 0.1) is 0 Å². The van der Waals surface area contributed by atoms with Gasteiger partial charge in [0.15, 0.2) is 5.65 Å². The van der Waals surface area contributed by atoms with Gasteiger partial charge < -0.3 is 10.6 Å². The van der Waals surface area contributed by atoms with Crippen molar-refractivity contribution < 1.29 is 0 Å². The highest BCUT2D eigenvalue weighted by molar-refractivity contribution is 5.71. The van der Waals surface area contributed by atoms with E-state index in [2.05, 4.69) is 26.9 Å². The minimum Gasteiger partial charge on any atom is -0.356 e. The fourth-order valence-corrected chi connectivity index (χ4v) is 3.01. The van der Waals surface area contributed by atoms with Crippen molar-refractivity contribution in [1.82, 2.24) is 15.0 Å². The van der Waals surface area contributed by atoms with Crippen LogP contribution < -0.4 is 10.6 Å². The van der Waals surface area contributed by atoms with Crippen molar-refractivity contribution in [1.29, 1.82) is 0 Å². The first-order valence-electron chi connectivity index (χ1n) is 6.80. The molecule has 2 aromatic heterocycles. The molecule has 0 spiro atoms. The molecule has 0 aliphatic heterocycles. The summed E-state index contributed by atoms with van der Waals surface area (Å²) in [6.45, 7) is 0.752. The number of nitrogens with two attached hydrogens (primary N) is 1. The minimum atomic E-state index is 0.492. The molecule has 0 bridgehead atoms. The number of rotatable bonds is 3. The van der Waals surface area contributed by atoms with Crippen molar-refractivity contribution in [3.8, 4) is 0 Å². The molecule has 0 amide bonds. The molecule has 1 saturated carbocycles. The van der Waals surface area contributed by atoms with E-state index in [0.717, 1.165) is 17.9 Å². The maximum absolute atomic E-state index is 5.86. The second kappa shape index (κ2) is 5.09. The monoisotopic (exact) mass is 257 g/mol. The molecule has 5 heteroatoms. The van der Waals surface area contributed by atoms with E-state index in [-0.39, 0.29) is 0 Å². The van der Waals surface area contributed by atoms with Crippen molar-refractivity contribution in [2.24, 2.45) is 11.7 Å². The number of nitrogens with zero attached hydrogens (tertiary/aromatic N) is 4. The zero-order chi connectivity index (χ0) is 13.2. The molecule has 19 heavy (non-hydrogen) atoms. The highest BCUT2D eigenvalue weighted by atomic mass is 15.2. The predicted molar refractivity (Wildman–Crippen MR) is 75.9 cm³/mol. The Balaban J connectivity index is 1.90. The summed E-state index contributed by atoms with van der Waals surface area (Å²) in [6.07, 6.45) is 7.04. The van der Waals surface area contributed by atoms with Gasteiger partial charge in [-0.2, -0.15) is 0 Å². The van der Waals surface area contributed by atoms with Gasteiger partial charge in [0.25, 0.3) is 0 Å². The molecule has 0 aromatic carbocycles. The van der Waals surface area contributed by atoms with Crippen LogP contribution in [0.2, 0.25) is 0 Å². The number of aromatic nitrogens is 3. The first kappa shape index (κ1) is 12.3. The second-order valence-electron chi connectivity index (χ2n) is 5.17. The van der Waals surface area contributed by atoms with Gasteiger partial charge in [-0.05, 0) is 37.4 Å². The van der Waals surface area contributed by atoms with E-state index in [1.165, 1.54) is 19.3 Å². The van der Waals surface area contributed by atoms with E-state index in [1.807, 2.05) is 12.1 Å². The molecule has 2 unspecified atom stereocenters. The third kappa shape index (κ3) is 2.26. The molecule has 1 aliphatic carbocycles. The van der Waals surface area contributed by atoms with Gasteiger partial charge in [-0.15, -0.1) is 0 Å². The van der Waals surface area contributed by atoms with Crippen molar-refractivity contribution in [3.63, 3.8) is 0 Å². The summed E-state index contributed by atoms with van der Waals surface area (Å²) in [5, 5.41) is 0. The minimum absolute atomic E-state index is 0.492. The van der Waals surface area contributed by atoms with Crippen molar-refractivity contribution in [3.05, 3.63) is 24.5 Å². The first-order valence-corrected chi connectivity index (χ1v) is 6.80. The molecule has 0 saturated heterocycles. The third-order valence-electron chi connectivity index (χ3n) is 4.10. The summed E-state index contributed by atoms with van der Waals surface area (Å²) < 4.78 is 0. The van der Waals surface area contributed by atoms with Crippen LogP contribution in [0.1, 0.15) is 19.3 Å². The zero-order valence-corrected chi connectivity index (χ0v) is 11.2. The summed E-state index contributed by atoms with van der Waals surface area (Å²) in [6, 6.07) is 4.49. The highest BCUT2D eigenvalue weighted by Gasteiger charge is 2.30. The molecule has 100 valence electrons. The Kier molecular flexibility index (Phi) is 3.29. The van der Waals surface area contributed by atoms with Gasteiger partial charge in [-0.1, -0.05) is 6.42 Å². The van der Waals surface area contributed by atoms with Gasteiger partial charge in [-0.3, -0.25) is 4.98 Å². The Morgan fingerprint density at radius 3 is 2.95 bits per heavy atom. The van der Waals surface area contributed by atoms with Crippen molar-refractivity contribution in [2.75, 3.05) is 18.5 Å². The summed E-state index contributed by atoms with van der Waals surface area (Å²) in [4.78, 5) is 15.4. The number of fused-ring (bicyclic) bond motifs is 1. The summed E-state index contributed by atoms with van der Waals surface area (Å²) in [7, 11) is 2.10. The van der Waals surface area contributed by atoms with Crippen LogP contribution in [0.3, 0.4) is 0 Å². The van der Waals surface area contributed by atoms with Crippen molar-refractivity contribution >= 4 is 17.0 Å². The summed E-state index contributed by atoms with van der Waals surface area (Å²) in [5.74, 6) is 1.53. The van der Waals surface area contributed by atoms with Crippen LogP contribution in [0.25, 0.3) is 11.2 Å². The Labute approximate surface area is 112 Å². The molecule has 2 heterocycles. The molecule has 2 aromatic rings. The standard InChI is InChI=1S/C14H19N5/c1-19(12-4-2-3-10(12)9-15)13-6-5-11-14(18-13)17-8-7-16-11/h5-8,10,12H,2-4,9,15H2,1H3. The second-order valence-corrected chi connectivity index (χ2v) is 5.17. The van der Waals surface area contributed by atoms with E-state index in [9.17, 15) is 0 Å². The van der Waals surface area contributed by atoms with Gasteiger partial charge >= 0.3 is 0 Å². The van der Waals surface area contributed by atoms with E-state index >= 15 is 0 Å². The van der Waals surface area contributed by atoms with Crippen LogP contribution in [0.4, 0.5) is 5.82 Å². The summed E-state index contributed by atoms with van der Waals surface area (Å²) in [5.41, 5.74) is 7.40. The Hall–Kier alpha value is -1.75. The van der Waals surface area contributed by atoms with Gasteiger partial charge in [0.2, 0.25) is 0 Å². The smallest absolute Gasteiger partial charge is 0.180 e. The lowest BCUT2D eigenvalue weighted by molar-refractivity contribution is 0.472. The van der Waals surface area contributed by atoms with E-state index < -0.39 is 0 Å². The van der Waals surface area contributed by atoms with Crippen LogP contribution in [0.5, 0.6) is 0 Å². The van der Waals surface area contributed by atoms with Gasteiger partial charge in [0.1, 0.15) is 11.3 Å².